The summed E-state index contributed by atoms with van der Waals surface area (Å²) in [5, 5.41) is 1.37. The summed E-state index contributed by atoms with van der Waals surface area (Å²) in [7, 11) is 0. The summed E-state index contributed by atoms with van der Waals surface area (Å²) in [5.74, 6) is 0.518. The first-order chi connectivity index (χ1) is 11.4. The van der Waals surface area contributed by atoms with Gasteiger partial charge < -0.3 is 0 Å². The molecule has 1 aromatic heterocycles. The maximum Gasteiger partial charge on any atom is 0.213 e. The number of aromatic nitrogens is 1. The minimum absolute atomic E-state index is 0.457. The summed E-state index contributed by atoms with van der Waals surface area (Å²) < 4.78 is 2.57. The van der Waals surface area contributed by atoms with Crippen LogP contribution in [0.2, 0.25) is 0 Å². The molecule has 0 saturated heterocycles. The molecular weight excluding hydrogens is 290 g/mol. The summed E-state index contributed by atoms with van der Waals surface area (Å²) >= 11 is 0. The molecule has 0 N–H and O–H groups in total. The Labute approximate surface area is 145 Å². The van der Waals surface area contributed by atoms with Crippen LogP contribution in [0.25, 0.3) is 22.2 Å². The Hall–Kier alpha value is -2.15. The standard InChI is InChI=1S/C23H26N/c1-13-10-16(4)23-17(5)18(6)24-21(20(23)11-13)8-7-19-15(3)9-14(2)12-22(19)24/h7-12,17-18H,1-6H3/q+1. The monoisotopic (exact) mass is 316 g/mol. The van der Waals surface area contributed by atoms with E-state index in [0.29, 0.717) is 12.0 Å². The zero-order valence-corrected chi connectivity index (χ0v) is 15.6. The molecule has 2 unspecified atom stereocenters. The minimum Gasteiger partial charge on any atom is -0.188 e. The lowest BCUT2D eigenvalue weighted by Gasteiger charge is -2.29. The van der Waals surface area contributed by atoms with Gasteiger partial charge in [0, 0.05) is 23.4 Å². The van der Waals surface area contributed by atoms with Crippen LogP contribution in [-0.4, -0.2) is 0 Å². The van der Waals surface area contributed by atoms with Crippen molar-refractivity contribution >= 4 is 10.9 Å². The number of hydrogen-bond acceptors (Lipinski definition) is 0. The second-order valence-corrected chi connectivity index (χ2v) is 7.68. The average molecular weight is 316 g/mol. The van der Waals surface area contributed by atoms with Gasteiger partial charge in [0.25, 0.3) is 0 Å². The van der Waals surface area contributed by atoms with Gasteiger partial charge in [-0.15, -0.1) is 0 Å². The van der Waals surface area contributed by atoms with Crippen molar-refractivity contribution in [3.8, 4) is 11.3 Å². The Morgan fingerprint density at radius 3 is 2.21 bits per heavy atom. The molecule has 0 aliphatic carbocycles. The van der Waals surface area contributed by atoms with Gasteiger partial charge in [0.2, 0.25) is 11.2 Å². The van der Waals surface area contributed by atoms with E-state index < -0.39 is 0 Å². The highest BCUT2D eigenvalue weighted by Crippen LogP contribution is 2.41. The predicted molar refractivity (Wildman–Crippen MR) is 102 cm³/mol. The molecule has 1 aliphatic rings. The number of hydrogen-bond donors (Lipinski definition) is 0. The average Bonchev–Trinajstić information content (AvgIpc) is 2.50. The van der Waals surface area contributed by atoms with E-state index in [2.05, 4.69) is 82.5 Å². The minimum atomic E-state index is 0.457. The summed E-state index contributed by atoms with van der Waals surface area (Å²) in [5.41, 5.74) is 11.2. The molecular formula is C23H26N+. The Balaban J connectivity index is 2.16. The van der Waals surface area contributed by atoms with Gasteiger partial charge in [0.05, 0.1) is 5.56 Å². The zero-order chi connectivity index (χ0) is 17.2. The lowest BCUT2D eigenvalue weighted by Crippen LogP contribution is -2.46. The Morgan fingerprint density at radius 1 is 0.792 bits per heavy atom. The molecule has 1 aliphatic heterocycles. The highest BCUT2D eigenvalue weighted by atomic mass is 15.0. The van der Waals surface area contributed by atoms with Crippen molar-refractivity contribution in [1.82, 2.24) is 0 Å². The van der Waals surface area contributed by atoms with E-state index in [9.17, 15) is 0 Å². The molecule has 3 aromatic rings. The molecule has 2 aromatic carbocycles. The molecule has 0 spiro atoms. The summed E-state index contributed by atoms with van der Waals surface area (Å²) in [6, 6.07) is 14.4. The van der Waals surface area contributed by atoms with Crippen LogP contribution >= 0.6 is 0 Å². The van der Waals surface area contributed by atoms with Crippen LogP contribution in [0, 0.1) is 27.7 Å². The number of aryl methyl sites for hydroxylation is 4. The highest BCUT2D eigenvalue weighted by molar-refractivity contribution is 5.82. The number of fused-ring (bicyclic) bond motifs is 5. The Bertz CT molecular complexity index is 981. The van der Waals surface area contributed by atoms with Gasteiger partial charge in [-0.2, -0.15) is 4.57 Å². The smallest absolute Gasteiger partial charge is 0.188 e. The van der Waals surface area contributed by atoms with Crippen molar-refractivity contribution in [2.24, 2.45) is 0 Å². The first kappa shape index (κ1) is 15.4. The fourth-order valence-electron chi connectivity index (χ4n) is 4.66. The third-order valence-corrected chi connectivity index (χ3v) is 5.83. The van der Waals surface area contributed by atoms with Crippen LogP contribution in [-0.2, 0) is 0 Å². The normalized spacial score (nSPS) is 19.2. The molecule has 1 heteroatoms. The number of benzene rings is 2. The lowest BCUT2D eigenvalue weighted by atomic mass is 9.81. The third-order valence-electron chi connectivity index (χ3n) is 5.83. The molecule has 4 rings (SSSR count). The lowest BCUT2D eigenvalue weighted by molar-refractivity contribution is -0.689. The van der Waals surface area contributed by atoms with Crippen molar-refractivity contribution in [3.05, 3.63) is 64.2 Å². The van der Waals surface area contributed by atoms with Gasteiger partial charge in [-0.05, 0) is 69.0 Å². The van der Waals surface area contributed by atoms with Gasteiger partial charge in [0.15, 0.2) is 6.04 Å². The van der Waals surface area contributed by atoms with Gasteiger partial charge in [0.1, 0.15) is 0 Å². The van der Waals surface area contributed by atoms with E-state index in [0.717, 1.165) is 0 Å². The SMILES string of the molecule is Cc1cc(C)c2c(c1)-c1ccc3c(C)cc(C)cc3[n+]1C(C)C2C. The van der Waals surface area contributed by atoms with Crippen LogP contribution in [0.1, 0.15) is 53.6 Å². The number of nitrogens with zero attached hydrogens (tertiary/aromatic N) is 1. The fourth-order valence-corrected chi connectivity index (χ4v) is 4.66. The third kappa shape index (κ3) is 2.04. The second-order valence-electron chi connectivity index (χ2n) is 7.68. The molecule has 0 amide bonds. The summed E-state index contributed by atoms with van der Waals surface area (Å²) in [6.07, 6.45) is 0. The van der Waals surface area contributed by atoms with E-state index in [1.807, 2.05) is 0 Å². The van der Waals surface area contributed by atoms with E-state index in [1.54, 1.807) is 0 Å². The topological polar surface area (TPSA) is 3.88 Å². The first-order valence-corrected chi connectivity index (χ1v) is 8.95. The van der Waals surface area contributed by atoms with Gasteiger partial charge in [-0.25, -0.2) is 0 Å². The summed E-state index contributed by atoms with van der Waals surface area (Å²) in [4.78, 5) is 0. The largest absolute Gasteiger partial charge is 0.213 e. The maximum absolute atomic E-state index is 2.57. The van der Waals surface area contributed by atoms with Crippen molar-refractivity contribution in [2.75, 3.05) is 0 Å². The first-order valence-electron chi connectivity index (χ1n) is 8.95. The molecule has 2 heterocycles. The van der Waals surface area contributed by atoms with Crippen LogP contribution in [0.15, 0.2) is 36.4 Å². The predicted octanol–water partition coefficient (Wildman–Crippen LogP) is 5.71. The van der Waals surface area contributed by atoms with E-state index in [1.165, 1.54) is 50.0 Å². The van der Waals surface area contributed by atoms with Gasteiger partial charge in [-0.3, -0.25) is 0 Å². The Kier molecular flexibility index (Phi) is 3.32. The number of pyridine rings is 1. The molecule has 24 heavy (non-hydrogen) atoms. The van der Waals surface area contributed by atoms with Crippen LogP contribution in [0.5, 0.6) is 0 Å². The van der Waals surface area contributed by atoms with Crippen molar-refractivity contribution < 1.29 is 4.57 Å². The summed E-state index contributed by atoms with van der Waals surface area (Å²) in [6.45, 7) is 13.6. The number of rotatable bonds is 0. The fraction of sp³-hybridized carbons (Fsp3) is 0.348. The van der Waals surface area contributed by atoms with E-state index >= 15 is 0 Å². The molecule has 1 nitrogen and oxygen atoms in total. The van der Waals surface area contributed by atoms with Gasteiger partial charge >= 0.3 is 0 Å². The quantitative estimate of drug-likeness (QED) is 0.468. The van der Waals surface area contributed by atoms with Crippen LogP contribution in [0.3, 0.4) is 0 Å². The molecule has 2 atom stereocenters. The van der Waals surface area contributed by atoms with Crippen LogP contribution < -0.4 is 4.57 Å². The molecule has 0 radical (unpaired) electrons. The molecule has 122 valence electrons. The maximum atomic E-state index is 2.57. The molecule has 0 bridgehead atoms. The van der Waals surface area contributed by atoms with Gasteiger partial charge in [-0.1, -0.05) is 24.6 Å². The van der Waals surface area contributed by atoms with Crippen molar-refractivity contribution in [1.29, 1.82) is 0 Å². The molecule has 0 saturated carbocycles. The molecule has 0 fully saturated rings. The second kappa shape index (κ2) is 5.17. The Morgan fingerprint density at radius 2 is 1.46 bits per heavy atom. The highest BCUT2D eigenvalue weighted by Gasteiger charge is 2.37. The van der Waals surface area contributed by atoms with Crippen molar-refractivity contribution in [2.45, 2.75) is 53.5 Å². The van der Waals surface area contributed by atoms with E-state index in [4.69, 9.17) is 0 Å². The van der Waals surface area contributed by atoms with Crippen LogP contribution in [0.4, 0.5) is 0 Å². The van der Waals surface area contributed by atoms with E-state index in [-0.39, 0.29) is 0 Å². The van der Waals surface area contributed by atoms with Crippen molar-refractivity contribution in [3.63, 3.8) is 0 Å². The zero-order valence-electron chi connectivity index (χ0n) is 15.6.